The van der Waals surface area contributed by atoms with Gasteiger partial charge in [-0.25, -0.2) is 4.68 Å². The zero-order valence-electron chi connectivity index (χ0n) is 14.0. The fourth-order valence-corrected chi connectivity index (χ4v) is 3.29. The zero-order chi connectivity index (χ0) is 16.6. The number of ether oxygens (including phenoxy) is 1. The summed E-state index contributed by atoms with van der Waals surface area (Å²) in [7, 11) is 0. The third-order valence-corrected chi connectivity index (χ3v) is 4.33. The highest BCUT2D eigenvalue weighted by atomic mass is 16.5. The van der Waals surface area contributed by atoms with Crippen LogP contribution in [0.4, 0.5) is 0 Å². The van der Waals surface area contributed by atoms with Gasteiger partial charge in [0.25, 0.3) is 5.56 Å². The summed E-state index contributed by atoms with van der Waals surface area (Å²) >= 11 is 0. The Balaban J connectivity index is 2.19. The van der Waals surface area contributed by atoms with Gasteiger partial charge in [0, 0.05) is 23.8 Å². The lowest BCUT2D eigenvalue weighted by Gasteiger charge is -2.16. The van der Waals surface area contributed by atoms with E-state index >= 15 is 0 Å². The minimum atomic E-state index is -0.430. The molecule has 0 aromatic carbocycles. The molecule has 2 aromatic heterocycles. The van der Waals surface area contributed by atoms with Crippen LogP contribution in [-0.4, -0.2) is 26.9 Å². The quantitative estimate of drug-likeness (QED) is 0.811. The monoisotopic (exact) mass is 317 g/mol. The van der Waals surface area contributed by atoms with Gasteiger partial charge >= 0.3 is 5.97 Å². The maximum Gasteiger partial charge on any atom is 0.327 e. The second-order valence-corrected chi connectivity index (χ2v) is 6.32. The van der Waals surface area contributed by atoms with E-state index in [1.807, 2.05) is 6.20 Å². The molecule has 0 radical (unpaired) electrons. The fourth-order valence-electron chi connectivity index (χ4n) is 3.29. The van der Waals surface area contributed by atoms with Gasteiger partial charge in [-0.15, -0.1) is 0 Å². The SMILES string of the molecule is CCOC(=O)Cn1nc(C(C)C)c2c3n(cc2c1=O)CCCC3. The van der Waals surface area contributed by atoms with Gasteiger partial charge in [0.05, 0.1) is 17.7 Å². The first kappa shape index (κ1) is 15.8. The molecule has 0 aliphatic carbocycles. The van der Waals surface area contributed by atoms with Crippen molar-refractivity contribution in [3.05, 3.63) is 27.9 Å². The molecule has 23 heavy (non-hydrogen) atoms. The Bertz CT molecular complexity index is 801. The molecule has 0 N–H and O–H groups in total. The van der Waals surface area contributed by atoms with E-state index in [2.05, 4.69) is 23.5 Å². The summed E-state index contributed by atoms with van der Waals surface area (Å²) in [6, 6.07) is 0. The molecular weight excluding hydrogens is 294 g/mol. The van der Waals surface area contributed by atoms with E-state index in [0.29, 0.717) is 12.0 Å². The highest BCUT2D eigenvalue weighted by Gasteiger charge is 2.22. The van der Waals surface area contributed by atoms with Crippen LogP contribution in [0, 0.1) is 0 Å². The Morgan fingerprint density at radius 1 is 1.39 bits per heavy atom. The van der Waals surface area contributed by atoms with Gasteiger partial charge in [-0.3, -0.25) is 9.59 Å². The van der Waals surface area contributed by atoms with Gasteiger partial charge in [-0.1, -0.05) is 13.8 Å². The van der Waals surface area contributed by atoms with Crippen LogP contribution in [0.3, 0.4) is 0 Å². The fraction of sp³-hybridized carbons (Fsp3) is 0.588. The number of fused-ring (bicyclic) bond motifs is 3. The molecule has 0 unspecified atom stereocenters. The normalized spacial score (nSPS) is 14.3. The van der Waals surface area contributed by atoms with E-state index in [1.54, 1.807) is 6.92 Å². The highest BCUT2D eigenvalue weighted by molar-refractivity contribution is 5.87. The van der Waals surface area contributed by atoms with Crippen LogP contribution in [0.1, 0.15) is 50.9 Å². The summed E-state index contributed by atoms with van der Waals surface area (Å²) in [5.74, 6) is -0.249. The van der Waals surface area contributed by atoms with E-state index in [4.69, 9.17) is 4.74 Å². The minimum Gasteiger partial charge on any atom is -0.465 e. The van der Waals surface area contributed by atoms with E-state index in [1.165, 1.54) is 10.4 Å². The standard InChI is InChI=1S/C17H23N3O3/c1-4-23-14(21)10-20-17(22)12-9-19-8-6-5-7-13(19)15(12)16(18-20)11(2)3/h9,11H,4-8,10H2,1-3H3. The first-order valence-corrected chi connectivity index (χ1v) is 8.31. The Hall–Kier alpha value is -2.11. The molecule has 3 heterocycles. The predicted octanol–water partition coefficient (Wildman–Crippen LogP) is 2.22. The molecule has 0 bridgehead atoms. The van der Waals surface area contributed by atoms with Gasteiger partial charge < -0.3 is 9.30 Å². The molecule has 0 saturated heterocycles. The van der Waals surface area contributed by atoms with E-state index in [0.717, 1.165) is 36.9 Å². The molecule has 0 spiro atoms. The van der Waals surface area contributed by atoms with Crippen LogP contribution in [0.5, 0.6) is 0 Å². The van der Waals surface area contributed by atoms with Crippen molar-refractivity contribution in [2.24, 2.45) is 0 Å². The maximum absolute atomic E-state index is 12.7. The maximum atomic E-state index is 12.7. The van der Waals surface area contributed by atoms with E-state index in [9.17, 15) is 9.59 Å². The molecule has 0 amide bonds. The largest absolute Gasteiger partial charge is 0.465 e. The van der Waals surface area contributed by atoms with Crippen LogP contribution in [0.25, 0.3) is 10.8 Å². The summed E-state index contributed by atoms with van der Waals surface area (Å²) in [6.45, 7) is 6.98. The molecule has 6 nitrogen and oxygen atoms in total. The molecule has 3 rings (SSSR count). The lowest BCUT2D eigenvalue weighted by molar-refractivity contribution is -0.144. The number of rotatable bonds is 4. The molecule has 0 fully saturated rings. The van der Waals surface area contributed by atoms with Gasteiger partial charge in [-0.2, -0.15) is 5.10 Å². The lowest BCUT2D eigenvalue weighted by Crippen LogP contribution is -2.29. The second-order valence-electron chi connectivity index (χ2n) is 6.32. The van der Waals surface area contributed by atoms with Crippen LogP contribution in [0.15, 0.2) is 11.0 Å². The van der Waals surface area contributed by atoms with Gasteiger partial charge in [0.15, 0.2) is 0 Å². The average Bonchev–Trinajstić information content (AvgIpc) is 2.90. The van der Waals surface area contributed by atoms with Crippen LogP contribution < -0.4 is 5.56 Å². The third kappa shape index (κ3) is 2.78. The van der Waals surface area contributed by atoms with Crippen molar-refractivity contribution in [3.8, 4) is 0 Å². The number of hydrogen-bond acceptors (Lipinski definition) is 4. The smallest absolute Gasteiger partial charge is 0.327 e. The summed E-state index contributed by atoms with van der Waals surface area (Å²) in [5.41, 5.74) is 1.89. The van der Waals surface area contributed by atoms with Gasteiger partial charge in [0.2, 0.25) is 0 Å². The van der Waals surface area contributed by atoms with Crippen molar-refractivity contribution >= 4 is 16.7 Å². The summed E-state index contributed by atoms with van der Waals surface area (Å²) in [5, 5.41) is 6.15. The van der Waals surface area contributed by atoms with Crippen molar-refractivity contribution in [2.75, 3.05) is 6.61 Å². The Kier molecular flexibility index (Phi) is 4.24. The number of aryl methyl sites for hydroxylation is 2. The van der Waals surface area contributed by atoms with Crippen LogP contribution in [-0.2, 0) is 29.0 Å². The number of nitrogens with zero attached hydrogens (tertiary/aromatic N) is 3. The number of carbonyl (C=O) groups excluding carboxylic acids is 1. The van der Waals surface area contributed by atoms with Crippen molar-refractivity contribution in [1.29, 1.82) is 0 Å². The van der Waals surface area contributed by atoms with Crippen LogP contribution >= 0.6 is 0 Å². The molecule has 6 heteroatoms. The van der Waals surface area contributed by atoms with Gasteiger partial charge in [-0.05, 0) is 32.1 Å². The molecule has 0 saturated carbocycles. The first-order chi connectivity index (χ1) is 11.0. The number of aromatic nitrogens is 3. The number of esters is 1. The number of hydrogen-bond donors (Lipinski definition) is 0. The van der Waals surface area contributed by atoms with E-state index < -0.39 is 5.97 Å². The summed E-state index contributed by atoms with van der Waals surface area (Å²) in [4.78, 5) is 24.5. The average molecular weight is 317 g/mol. The van der Waals surface area contributed by atoms with Crippen molar-refractivity contribution in [2.45, 2.75) is 59.0 Å². The Morgan fingerprint density at radius 2 is 2.17 bits per heavy atom. The number of carbonyl (C=O) groups is 1. The van der Waals surface area contributed by atoms with Crippen molar-refractivity contribution in [1.82, 2.24) is 14.3 Å². The Morgan fingerprint density at radius 3 is 2.87 bits per heavy atom. The molecule has 1 aliphatic rings. The third-order valence-electron chi connectivity index (χ3n) is 4.33. The topological polar surface area (TPSA) is 66.1 Å². The van der Waals surface area contributed by atoms with Crippen molar-refractivity contribution in [3.63, 3.8) is 0 Å². The lowest BCUT2D eigenvalue weighted by atomic mass is 10.0. The molecule has 0 atom stereocenters. The minimum absolute atomic E-state index is 0.136. The summed E-state index contributed by atoms with van der Waals surface area (Å²) < 4.78 is 8.38. The molecule has 2 aromatic rings. The zero-order valence-corrected chi connectivity index (χ0v) is 14.0. The Labute approximate surface area is 135 Å². The van der Waals surface area contributed by atoms with Crippen molar-refractivity contribution < 1.29 is 9.53 Å². The van der Waals surface area contributed by atoms with Gasteiger partial charge in [0.1, 0.15) is 6.54 Å². The predicted molar refractivity (Wildman–Crippen MR) is 87.7 cm³/mol. The molecular formula is C17H23N3O3. The van der Waals surface area contributed by atoms with E-state index in [-0.39, 0.29) is 18.0 Å². The molecule has 1 aliphatic heterocycles. The highest BCUT2D eigenvalue weighted by Crippen LogP contribution is 2.29. The second kappa shape index (κ2) is 6.18. The first-order valence-electron chi connectivity index (χ1n) is 8.31. The summed E-state index contributed by atoms with van der Waals surface area (Å²) in [6.07, 6.45) is 5.19. The van der Waals surface area contributed by atoms with Crippen LogP contribution in [0.2, 0.25) is 0 Å². The molecule has 124 valence electrons.